The maximum absolute atomic E-state index is 12.0. The van der Waals surface area contributed by atoms with Gasteiger partial charge in [-0.2, -0.15) is 0 Å². The summed E-state index contributed by atoms with van der Waals surface area (Å²) in [5.74, 6) is -0.989. The molecule has 0 radical (unpaired) electrons. The lowest BCUT2D eigenvalue weighted by molar-refractivity contribution is -0.148. The van der Waals surface area contributed by atoms with Crippen LogP contribution in [0.15, 0.2) is 0 Å². The zero-order valence-corrected chi connectivity index (χ0v) is 12.9. The zero-order chi connectivity index (χ0) is 15.4. The van der Waals surface area contributed by atoms with Crippen LogP contribution in [-0.2, 0) is 19.1 Å². The maximum Gasteiger partial charge on any atom is 0.328 e. The summed E-state index contributed by atoms with van der Waals surface area (Å²) in [4.78, 5) is 35.5. The van der Waals surface area contributed by atoms with E-state index in [1.807, 2.05) is 0 Å². The Kier molecular flexibility index (Phi) is 5.72. The fourth-order valence-electron chi connectivity index (χ4n) is 1.20. The first kappa shape index (κ1) is 17.6. The Bertz CT molecular complexity index is 333. The second-order valence-electron chi connectivity index (χ2n) is 6.68. The lowest BCUT2D eigenvalue weighted by Gasteiger charge is -2.24. The fraction of sp³-hybridized carbons (Fsp3) is 0.786. The maximum atomic E-state index is 12.0. The lowest BCUT2D eigenvalue weighted by atomic mass is 9.86. The molecule has 0 aromatic rings. The van der Waals surface area contributed by atoms with Crippen molar-refractivity contribution in [3.8, 4) is 0 Å². The molecule has 0 saturated carbocycles. The highest BCUT2D eigenvalue weighted by Gasteiger charge is 2.32. The molecule has 1 amide bonds. The summed E-state index contributed by atoms with van der Waals surface area (Å²) in [5.41, 5.74) is -1.18. The molecule has 0 fully saturated rings. The van der Waals surface area contributed by atoms with Gasteiger partial charge in [0.1, 0.15) is 11.8 Å². The van der Waals surface area contributed by atoms with Crippen LogP contribution in [0.3, 0.4) is 0 Å². The third kappa shape index (κ3) is 5.85. The van der Waals surface area contributed by atoms with Crippen molar-refractivity contribution in [3.05, 3.63) is 0 Å². The van der Waals surface area contributed by atoms with Crippen LogP contribution in [0.1, 0.15) is 48.0 Å². The third-order valence-corrected chi connectivity index (χ3v) is 2.70. The zero-order valence-electron chi connectivity index (χ0n) is 12.9. The highest BCUT2D eigenvalue weighted by atomic mass is 16.5. The van der Waals surface area contributed by atoms with Gasteiger partial charge in [-0.1, -0.05) is 41.5 Å². The number of esters is 1. The molecule has 0 heterocycles. The van der Waals surface area contributed by atoms with Gasteiger partial charge in [-0.25, -0.2) is 4.79 Å². The molecule has 0 aromatic heterocycles. The number of hydrogen-bond acceptors (Lipinski definition) is 4. The molecule has 0 spiro atoms. The monoisotopic (exact) mass is 271 g/mol. The molecule has 0 rings (SSSR count). The van der Waals surface area contributed by atoms with Crippen LogP contribution in [0.2, 0.25) is 0 Å². The molecule has 0 aromatic carbocycles. The van der Waals surface area contributed by atoms with Gasteiger partial charge in [0.15, 0.2) is 0 Å². The average Bonchev–Trinajstić information content (AvgIpc) is 2.24. The highest BCUT2D eigenvalue weighted by Crippen LogP contribution is 2.19. The first-order chi connectivity index (χ1) is 8.39. The quantitative estimate of drug-likeness (QED) is 0.790. The number of Topliss-reactive ketones (excluding diaryl/α,β-unsaturated/α-hetero) is 1. The number of carbonyl (C=O) groups is 3. The largest absolute Gasteiger partial charge is 0.467 e. The Labute approximate surface area is 115 Å². The SMILES string of the molecule is COC(=O)C(CC(=O)C(C)(C)C)NC(=O)C(C)(C)C. The van der Waals surface area contributed by atoms with E-state index in [4.69, 9.17) is 0 Å². The highest BCUT2D eigenvalue weighted by molar-refractivity contribution is 5.93. The van der Waals surface area contributed by atoms with E-state index in [1.54, 1.807) is 41.5 Å². The van der Waals surface area contributed by atoms with Crippen molar-refractivity contribution in [3.63, 3.8) is 0 Å². The molecule has 110 valence electrons. The van der Waals surface area contributed by atoms with Crippen molar-refractivity contribution in [2.24, 2.45) is 10.8 Å². The first-order valence-corrected chi connectivity index (χ1v) is 6.31. The van der Waals surface area contributed by atoms with Crippen LogP contribution >= 0.6 is 0 Å². The number of rotatable bonds is 4. The minimum absolute atomic E-state index is 0.0575. The summed E-state index contributed by atoms with van der Waals surface area (Å²) < 4.78 is 4.63. The second kappa shape index (κ2) is 6.17. The Morgan fingerprint density at radius 1 is 1.00 bits per heavy atom. The summed E-state index contributed by atoms with van der Waals surface area (Å²) >= 11 is 0. The Balaban J connectivity index is 4.91. The van der Waals surface area contributed by atoms with Gasteiger partial charge in [-0.3, -0.25) is 9.59 Å². The van der Waals surface area contributed by atoms with Crippen LogP contribution in [0.4, 0.5) is 0 Å². The lowest BCUT2D eigenvalue weighted by Crippen LogP contribution is -2.48. The van der Waals surface area contributed by atoms with Crippen LogP contribution in [0.25, 0.3) is 0 Å². The van der Waals surface area contributed by atoms with Gasteiger partial charge in [0.25, 0.3) is 0 Å². The summed E-state index contributed by atoms with van der Waals surface area (Å²) in [7, 11) is 1.24. The van der Waals surface area contributed by atoms with Crippen LogP contribution in [0, 0.1) is 10.8 Å². The van der Waals surface area contributed by atoms with E-state index in [0.29, 0.717) is 0 Å². The van der Waals surface area contributed by atoms with Crippen LogP contribution < -0.4 is 5.32 Å². The molecule has 5 heteroatoms. The molecule has 0 aliphatic rings. The third-order valence-electron chi connectivity index (χ3n) is 2.70. The van der Waals surface area contributed by atoms with E-state index < -0.39 is 22.8 Å². The molecule has 1 atom stereocenters. The average molecular weight is 271 g/mol. The summed E-state index contributed by atoms with van der Waals surface area (Å²) in [5, 5.41) is 2.58. The minimum Gasteiger partial charge on any atom is -0.467 e. The van der Waals surface area contributed by atoms with Gasteiger partial charge in [0.05, 0.1) is 7.11 Å². The van der Waals surface area contributed by atoms with Crippen LogP contribution in [-0.4, -0.2) is 30.8 Å². The number of hydrogen-bond donors (Lipinski definition) is 1. The van der Waals surface area contributed by atoms with Crippen molar-refractivity contribution in [2.75, 3.05) is 7.11 Å². The molecule has 0 aliphatic heterocycles. The van der Waals surface area contributed by atoms with E-state index in [2.05, 4.69) is 10.1 Å². The Morgan fingerprint density at radius 3 is 1.79 bits per heavy atom. The molecule has 1 unspecified atom stereocenters. The van der Waals surface area contributed by atoms with Gasteiger partial charge in [-0.05, 0) is 0 Å². The molecule has 0 saturated heterocycles. The van der Waals surface area contributed by atoms with Gasteiger partial charge in [0, 0.05) is 17.3 Å². The number of amides is 1. The predicted octanol–water partition coefficient (Wildman–Crippen LogP) is 1.70. The van der Waals surface area contributed by atoms with E-state index >= 15 is 0 Å². The topological polar surface area (TPSA) is 72.5 Å². The number of nitrogens with one attached hydrogen (secondary N) is 1. The predicted molar refractivity (Wildman–Crippen MR) is 72.5 cm³/mol. The standard InChI is InChI=1S/C14H25NO4/c1-13(2,3)10(16)8-9(11(17)19-7)15-12(18)14(4,5)6/h9H,8H2,1-7H3,(H,15,18). The van der Waals surface area contributed by atoms with Crippen molar-refractivity contribution in [1.82, 2.24) is 5.32 Å². The van der Waals surface area contributed by atoms with Gasteiger partial charge >= 0.3 is 5.97 Å². The van der Waals surface area contributed by atoms with Gasteiger partial charge < -0.3 is 10.1 Å². The molecule has 5 nitrogen and oxygen atoms in total. The number of methoxy groups -OCH3 is 1. The van der Waals surface area contributed by atoms with Crippen molar-refractivity contribution in [1.29, 1.82) is 0 Å². The Morgan fingerprint density at radius 2 is 1.47 bits per heavy atom. The first-order valence-electron chi connectivity index (χ1n) is 6.31. The van der Waals surface area contributed by atoms with Crippen molar-refractivity contribution in [2.45, 2.75) is 54.0 Å². The van der Waals surface area contributed by atoms with E-state index in [-0.39, 0.29) is 18.1 Å². The van der Waals surface area contributed by atoms with E-state index in [9.17, 15) is 14.4 Å². The number of ketones is 1. The Hall–Kier alpha value is -1.39. The fourth-order valence-corrected chi connectivity index (χ4v) is 1.20. The second-order valence-corrected chi connectivity index (χ2v) is 6.68. The van der Waals surface area contributed by atoms with Crippen molar-refractivity contribution >= 4 is 17.7 Å². The van der Waals surface area contributed by atoms with Gasteiger partial charge in [0.2, 0.25) is 5.91 Å². The summed E-state index contributed by atoms with van der Waals surface area (Å²) in [6.07, 6.45) is -0.0575. The normalized spacial score (nSPS) is 13.6. The molecule has 1 N–H and O–H groups in total. The van der Waals surface area contributed by atoms with E-state index in [0.717, 1.165) is 0 Å². The molecular formula is C14H25NO4. The van der Waals surface area contributed by atoms with Crippen molar-refractivity contribution < 1.29 is 19.1 Å². The molecule has 19 heavy (non-hydrogen) atoms. The minimum atomic E-state index is -0.927. The molecule has 0 aliphatic carbocycles. The smallest absolute Gasteiger partial charge is 0.328 e. The van der Waals surface area contributed by atoms with Gasteiger partial charge in [-0.15, -0.1) is 0 Å². The number of carbonyl (C=O) groups excluding carboxylic acids is 3. The van der Waals surface area contributed by atoms with Crippen LogP contribution in [0.5, 0.6) is 0 Å². The summed E-state index contributed by atoms with van der Waals surface area (Å²) in [6, 6.07) is -0.927. The molecular weight excluding hydrogens is 246 g/mol. The summed E-state index contributed by atoms with van der Waals surface area (Å²) in [6.45, 7) is 10.5. The van der Waals surface area contributed by atoms with E-state index in [1.165, 1.54) is 7.11 Å². The number of ether oxygens (including phenoxy) is 1. The molecule has 0 bridgehead atoms.